The van der Waals surface area contributed by atoms with Crippen molar-refractivity contribution < 1.29 is 14.4 Å². The fraction of sp³-hybridized carbons (Fsp3) is 0.261. The lowest BCUT2D eigenvalue weighted by molar-refractivity contribution is -0.123. The molecule has 2 aromatic carbocycles. The van der Waals surface area contributed by atoms with Crippen molar-refractivity contribution in [3.05, 3.63) is 70.8 Å². The van der Waals surface area contributed by atoms with Crippen LogP contribution in [0.15, 0.2) is 54.6 Å². The van der Waals surface area contributed by atoms with Crippen molar-refractivity contribution >= 4 is 40.7 Å². The van der Waals surface area contributed by atoms with E-state index in [0.717, 1.165) is 12.0 Å². The van der Waals surface area contributed by atoms with Gasteiger partial charge in [-0.3, -0.25) is 14.4 Å². The average molecular weight is 407 g/mol. The molecule has 0 aromatic heterocycles. The van der Waals surface area contributed by atoms with Crippen molar-refractivity contribution in [1.82, 2.24) is 0 Å². The van der Waals surface area contributed by atoms with Crippen molar-refractivity contribution in [1.29, 1.82) is 0 Å². The molecule has 2 aromatic rings. The molecule has 29 heavy (non-hydrogen) atoms. The Labute approximate surface area is 173 Å². The van der Waals surface area contributed by atoms with Crippen LogP contribution in [0.1, 0.15) is 22.3 Å². The van der Waals surface area contributed by atoms with Crippen molar-refractivity contribution in [2.45, 2.75) is 13.3 Å². The molecule has 1 saturated carbocycles. The van der Waals surface area contributed by atoms with Crippen molar-refractivity contribution in [2.24, 2.45) is 23.7 Å². The highest BCUT2D eigenvalue weighted by molar-refractivity contribution is 6.32. The summed E-state index contributed by atoms with van der Waals surface area (Å²) in [5, 5.41) is 3.41. The molecule has 4 atom stereocenters. The highest BCUT2D eigenvalue weighted by atomic mass is 35.5. The predicted octanol–water partition coefficient (Wildman–Crippen LogP) is 4.21. The zero-order valence-corrected chi connectivity index (χ0v) is 16.5. The molecular formula is C23H19ClN2O3. The lowest BCUT2D eigenvalue weighted by Crippen LogP contribution is -2.34. The zero-order valence-electron chi connectivity index (χ0n) is 15.8. The third kappa shape index (κ3) is 2.64. The molecule has 5 rings (SSSR count). The summed E-state index contributed by atoms with van der Waals surface area (Å²) in [6.07, 6.45) is 4.99. The largest absolute Gasteiger partial charge is 0.322 e. The van der Waals surface area contributed by atoms with Crippen LogP contribution in [0, 0.1) is 30.6 Å². The van der Waals surface area contributed by atoms with E-state index >= 15 is 0 Å². The van der Waals surface area contributed by atoms with Crippen molar-refractivity contribution in [3.63, 3.8) is 0 Å². The van der Waals surface area contributed by atoms with E-state index in [4.69, 9.17) is 11.6 Å². The Morgan fingerprint density at radius 1 is 1.00 bits per heavy atom. The molecule has 1 saturated heterocycles. The summed E-state index contributed by atoms with van der Waals surface area (Å²) in [7, 11) is 0. The Hall–Kier alpha value is -2.92. The number of amides is 3. The number of nitrogens with zero attached hydrogens (tertiary/aromatic N) is 1. The minimum absolute atomic E-state index is 0.126. The van der Waals surface area contributed by atoms with Gasteiger partial charge in [0, 0.05) is 10.7 Å². The molecule has 6 heteroatoms. The molecule has 2 bridgehead atoms. The summed E-state index contributed by atoms with van der Waals surface area (Å²) in [6, 6.07) is 12.0. The minimum Gasteiger partial charge on any atom is -0.322 e. The number of rotatable bonds is 3. The minimum atomic E-state index is -0.385. The van der Waals surface area contributed by atoms with E-state index in [-0.39, 0.29) is 47.0 Å². The van der Waals surface area contributed by atoms with Gasteiger partial charge in [-0.25, -0.2) is 4.90 Å². The number of allylic oxidation sites excluding steroid dienone is 2. The van der Waals surface area contributed by atoms with Crippen molar-refractivity contribution in [2.75, 3.05) is 10.2 Å². The number of anilines is 2. The van der Waals surface area contributed by atoms with Gasteiger partial charge < -0.3 is 5.32 Å². The van der Waals surface area contributed by atoms with Crippen LogP contribution in [0.5, 0.6) is 0 Å². The van der Waals surface area contributed by atoms with Gasteiger partial charge in [-0.2, -0.15) is 0 Å². The number of halogens is 1. The lowest BCUT2D eigenvalue weighted by atomic mass is 9.85. The van der Waals surface area contributed by atoms with Gasteiger partial charge in [-0.05, 0) is 55.0 Å². The Morgan fingerprint density at radius 2 is 1.66 bits per heavy atom. The van der Waals surface area contributed by atoms with Gasteiger partial charge >= 0.3 is 0 Å². The number of hydrogen-bond donors (Lipinski definition) is 1. The van der Waals surface area contributed by atoms with Gasteiger partial charge in [0.15, 0.2) is 0 Å². The zero-order chi connectivity index (χ0) is 20.3. The van der Waals surface area contributed by atoms with E-state index in [9.17, 15) is 14.4 Å². The number of benzene rings is 2. The third-order valence-corrected chi connectivity index (χ3v) is 6.79. The maximum absolute atomic E-state index is 13.1. The summed E-state index contributed by atoms with van der Waals surface area (Å²) in [5.41, 5.74) is 1.98. The van der Waals surface area contributed by atoms with E-state index in [1.807, 2.05) is 6.92 Å². The normalized spacial score (nSPS) is 26.9. The Morgan fingerprint density at radius 3 is 2.34 bits per heavy atom. The molecule has 1 heterocycles. The molecule has 0 radical (unpaired) electrons. The van der Waals surface area contributed by atoms with E-state index in [0.29, 0.717) is 16.4 Å². The van der Waals surface area contributed by atoms with Gasteiger partial charge in [0.1, 0.15) is 0 Å². The monoisotopic (exact) mass is 406 g/mol. The fourth-order valence-electron chi connectivity index (χ4n) is 4.93. The molecule has 5 nitrogen and oxygen atoms in total. The van der Waals surface area contributed by atoms with Crippen LogP contribution < -0.4 is 10.2 Å². The highest BCUT2D eigenvalue weighted by Gasteiger charge is 2.59. The van der Waals surface area contributed by atoms with Crippen LogP contribution in [-0.4, -0.2) is 17.7 Å². The Kier molecular flexibility index (Phi) is 4.10. The third-order valence-electron chi connectivity index (χ3n) is 6.38. The Bertz CT molecular complexity index is 1060. The van der Waals surface area contributed by atoms with E-state index < -0.39 is 0 Å². The quantitative estimate of drug-likeness (QED) is 0.613. The fourth-order valence-corrected chi connectivity index (χ4v) is 5.11. The number of carbonyl (C=O) groups is 3. The molecule has 2 fully saturated rings. The lowest BCUT2D eigenvalue weighted by Gasteiger charge is -2.20. The van der Waals surface area contributed by atoms with Crippen LogP contribution in [0.2, 0.25) is 5.02 Å². The summed E-state index contributed by atoms with van der Waals surface area (Å²) in [6.45, 7) is 1.82. The topological polar surface area (TPSA) is 66.5 Å². The van der Waals surface area contributed by atoms with Crippen LogP contribution in [0.4, 0.5) is 11.4 Å². The second-order valence-electron chi connectivity index (χ2n) is 7.90. The second-order valence-corrected chi connectivity index (χ2v) is 8.30. The molecular weight excluding hydrogens is 388 g/mol. The van der Waals surface area contributed by atoms with Crippen LogP contribution in [-0.2, 0) is 9.59 Å². The SMILES string of the molecule is Cc1c(Cl)cccc1NC(=O)c1ccccc1N1C(=O)[C@@H]2[C@@H](C1=O)[C@H]1C=C[C@@H]2C1. The summed E-state index contributed by atoms with van der Waals surface area (Å²) >= 11 is 6.15. The van der Waals surface area contributed by atoms with Gasteiger partial charge in [-0.1, -0.05) is 42.0 Å². The maximum atomic E-state index is 13.1. The highest BCUT2D eigenvalue weighted by Crippen LogP contribution is 2.53. The summed E-state index contributed by atoms with van der Waals surface area (Å²) in [5.74, 6) is -1.13. The first-order valence-electron chi connectivity index (χ1n) is 9.69. The number of carbonyl (C=O) groups excluding carboxylic acids is 3. The molecule has 0 spiro atoms. The van der Waals surface area contributed by atoms with E-state index in [1.165, 1.54) is 4.90 Å². The second kappa shape index (κ2) is 6.56. The number of hydrogen-bond acceptors (Lipinski definition) is 3. The van der Waals surface area contributed by atoms with Gasteiger partial charge in [0.05, 0.1) is 23.1 Å². The van der Waals surface area contributed by atoms with E-state index in [2.05, 4.69) is 17.5 Å². The first-order valence-corrected chi connectivity index (χ1v) is 10.1. The molecule has 146 valence electrons. The van der Waals surface area contributed by atoms with Crippen LogP contribution in [0.3, 0.4) is 0 Å². The van der Waals surface area contributed by atoms with Gasteiger partial charge in [0.2, 0.25) is 11.8 Å². The first kappa shape index (κ1) is 18.1. The van der Waals surface area contributed by atoms with Gasteiger partial charge in [0.25, 0.3) is 5.91 Å². The van der Waals surface area contributed by atoms with Crippen LogP contribution >= 0.6 is 11.6 Å². The van der Waals surface area contributed by atoms with Crippen molar-refractivity contribution in [3.8, 4) is 0 Å². The molecule has 3 aliphatic rings. The molecule has 0 unspecified atom stereocenters. The average Bonchev–Trinajstić information content (AvgIpc) is 3.39. The number of imide groups is 1. The standard InChI is InChI=1S/C23H19ClN2O3/c1-12-16(24)6-4-7-17(12)25-21(27)15-5-2-3-8-18(15)26-22(28)19-13-9-10-14(11-13)20(19)23(26)29/h2-10,13-14,19-20H,11H2,1H3,(H,25,27)/t13-,14+,19-,20-/m0/s1. The molecule has 1 aliphatic heterocycles. The van der Waals surface area contributed by atoms with Gasteiger partial charge in [-0.15, -0.1) is 0 Å². The molecule has 1 N–H and O–H groups in total. The summed E-state index contributed by atoms with van der Waals surface area (Å²) < 4.78 is 0. The number of fused-ring (bicyclic) bond motifs is 5. The number of nitrogens with one attached hydrogen (secondary N) is 1. The predicted molar refractivity (Wildman–Crippen MR) is 111 cm³/mol. The smallest absolute Gasteiger partial charge is 0.257 e. The molecule has 3 amide bonds. The van der Waals surface area contributed by atoms with Crippen LogP contribution in [0.25, 0.3) is 0 Å². The first-order chi connectivity index (χ1) is 14.0. The number of para-hydroxylation sites is 1. The summed E-state index contributed by atoms with van der Waals surface area (Å²) in [4.78, 5) is 40.5. The maximum Gasteiger partial charge on any atom is 0.257 e. The molecule has 2 aliphatic carbocycles. The van der Waals surface area contributed by atoms with E-state index in [1.54, 1.807) is 42.5 Å². The Balaban J connectivity index is 1.49.